The van der Waals surface area contributed by atoms with Gasteiger partial charge in [0.1, 0.15) is 5.82 Å². The number of rotatable bonds is 9. The molecule has 2 aromatic carbocycles. The van der Waals surface area contributed by atoms with E-state index in [1.54, 1.807) is 6.07 Å². The van der Waals surface area contributed by atoms with Crippen molar-refractivity contribution in [2.24, 2.45) is 5.92 Å². The second-order valence-electron chi connectivity index (χ2n) is 8.41. The molecule has 1 N–H and O–H groups in total. The molecule has 0 atom stereocenters. The summed E-state index contributed by atoms with van der Waals surface area (Å²) in [6, 6.07) is 11.6. The van der Waals surface area contributed by atoms with Crippen LogP contribution in [0.1, 0.15) is 55.5 Å². The number of halogens is 1. The summed E-state index contributed by atoms with van der Waals surface area (Å²) in [5.41, 5.74) is 2.88. The standard InChI is InChI=1S/C25H32FN3O2/c1-5-17(6-2)25(31)29(22-11-12-22)16-19-15-21(10-13-23(19)28(3)4)27-24(30)18-8-7-9-20(26)14-18/h7-10,13-15,17,22H,5-6,11-12,16H2,1-4H3,(H,27,30). The summed E-state index contributed by atoms with van der Waals surface area (Å²) in [6.45, 7) is 4.63. The van der Waals surface area contributed by atoms with Crippen LogP contribution < -0.4 is 10.2 Å². The van der Waals surface area contributed by atoms with Gasteiger partial charge in [0, 0.05) is 49.5 Å². The maximum absolute atomic E-state index is 13.5. The van der Waals surface area contributed by atoms with Crippen molar-refractivity contribution in [1.82, 2.24) is 4.90 Å². The van der Waals surface area contributed by atoms with Crippen molar-refractivity contribution in [3.63, 3.8) is 0 Å². The Labute approximate surface area is 184 Å². The average Bonchev–Trinajstić information content (AvgIpc) is 3.58. The molecule has 0 radical (unpaired) electrons. The zero-order valence-corrected chi connectivity index (χ0v) is 18.8. The first-order valence-corrected chi connectivity index (χ1v) is 11.0. The van der Waals surface area contributed by atoms with Crippen molar-refractivity contribution < 1.29 is 14.0 Å². The van der Waals surface area contributed by atoms with Crippen molar-refractivity contribution >= 4 is 23.2 Å². The lowest BCUT2D eigenvalue weighted by Crippen LogP contribution is -2.37. The van der Waals surface area contributed by atoms with Gasteiger partial charge in [-0.15, -0.1) is 0 Å². The summed E-state index contributed by atoms with van der Waals surface area (Å²) < 4.78 is 13.5. The van der Waals surface area contributed by atoms with Crippen LogP contribution in [0.15, 0.2) is 42.5 Å². The number of benzene rings is 2. The largest absolute Gasteiger partial charge is 0.377 e. The van der Waals surface area contributed by atoms with Crippen molar-refractivity contribution in [3.05, 3.63) is 59.4 Å². The van der Waals surface area contributed by atoms with Gasteiger partial charge in [0.05, 0.1) is 0 Å². The first kappa shape index (κ1) is 22.8. The van der Waals surface area contributed by atoms with Gasteiger partial charge in [0.2, 0.25) is 5.91 Å². The molecule has 5 nitrogen and oxygen atoms in total. The van der Waals surface area contributed by atoms with E-state index in [0.29, 0.717) is 18.3 Å². The van der Waals surface area contributed by atoms with Crippen molar-refractivity contribution in [2.45, 2.75) is 52.1 Å². The highest BCUT2D eigenvalue weighted by molar-refractivity contribution is 6.04. The highest BCUT2D eigenvalue weighted by Crippen LogP contribution is 2.33. The first-order chi connectivity index (χ1) is 14.8. The number of anilines is 2. The summed E-state index contributed by atoms with van der Waals surface area (Å²) >= 11 is 0. The highest BCUT2D eigenvalue weighted by Gasteiger charge is 2.35. The van der Waals surface area contributed by atoms with E-state index < -0.39 is 5.82 Å². The first-order valence-electron chi connectivity index (χ1n) is 11.0. The molecule has 0 aromatic heterocycles. The minimum Gasteiger partial charge on any atom is -0.377 e. The maximum Gasteiger partial charge on any atom is 0.255 e. The quantitative estimate of drug-likeness (QED) is 0.610. The summed E-state index contributed by atoms with van der Waals surface area (Å²) in [6.07, 6.45) is 3.75. The number of amides is 2. The molecule has 1 fully saturated rings. The molecule has 0 spiro atoms. The van der Waals surface area contributed by atoms with Crippen LogP contribution in [-0.2, 0) is 11.3 Å². The second-order valence-corrected chi connectivity index (χ2v) is 8.41. The van der Waals surface area contributed by atoms with Gasteiger partial charge in [-0.3, -0.25) is 9.59 Å². The fourth-order valence-electron chi connectivity index (χ4n) is 3.89. The molecule has 6 heteroatoms. The number of hydrogen-bond acceptors (Lipinski definition) is 3. The molecule has 3 rings (SSSR count). The van der Waals surface area contributed by atoms with E-state index >= 15 is 0 Å². The minimum absolute atomic E-state index is 0.0410. The van der Waals surface area contributed by atoms with Gasteiger partial charge in [0.25, 0.3) is 5.91 Å². The predicted octanol–water partition coefficient (Wildman–Crippen LogP) is 5.07. The van der Waals surface area contributed by atoms with Gasteiger partial charge in [-0.05, 0) is 67.6 Å². The maximum atomic E-state index is 13.5. The fraction of sp³-hybridized carbons (Fsp3) is 0.440. The van der Waals surface area contributed by atoms with Crippen LogP contribution in [0, 0.1) is 11.7 Å². The number of carbonyl (C=O) groups excluding carboxylic acids is 2. The fourth-order valence-corrected chi connectivity index (χ4v) is 3.89. The summed E-state index contributed by atoms with van der Waals surface area (Å²) in [4.78, 5) is 29.7. The Morgan fingerprint density at radius 3 is 2.39 bits per heavy atom. The molecular weight excluding hydrogens is 393 g/mol. The highest BCUT2D eigenvalue weighted by atomic mass is 19.1. The monoisotopic (exact) mass is 425 g/mol. The Bertz CT molecular complexity index is 936. The SMILES string of the molecule is CCC(CC)C(=O)N(Cc1cc(NC(=O)c2cccc(F)c2)ccc1N(C)C)C1CC1. The topological polar surface area (TPSA) is 52.7 Å². The van der Waals surface area contributed by atoms with Gasteiger partial charge in [-0.1, -0.05) is 19.9 Å². The Morgan fingerprint density at radius 1 is 1.10 bits per heavy atom. The van der Waals surface area contributed by atoms with E-state index in [9.17, 15) is 14.0 Å². The predicted molar refractivity (Wildman–Crippen MR) is 123 cm³/mol. The molecule has 1 aliphatic carbocycles. The molecule has 0 bridgehead atoms. The van der Waals surface area contributed by atoms with Gasteiger partial charge in [0.15, 0.2) is 0 Å². The lowest BCUT2D eigenvalue weighted by atomic mass is 10.0. The molecule has 0 saturated heterocycles. The van der Waals surface area contributed by atoms with Crippen LogP contribution in [0.2, 0.25) is 0 Å². The van der Waals surface area contributed by atoms with Crippen LogP contribution in [0.5, 0.6) is 0 Å². The van der Waals surface area contributed by atoms with Crippen LogP contribution in [0.3, 0.4) is 0 Å². The molecule has 2 aromatic rings. The van der Waals surface area contributed by atoms with E-state index in [0.717, 1.165) is 36.9 Å². The molecule has 31 heavy (non-hydrogen) atoms. The van der Waals surface area contributed by atoms with E-state index in [1.807, 2.05) is 42.1 Å². The number of carbonyl (C=O) groups is 2. The molecular formula is C25H32FN3O2. The summed E-state index contributed by atoms with van der Waals surface area (Å²) in [5, 5.41) is 2.86. The Hall–Kier alpha value is -2.89. The van der Waals surface area contributed by atoms with Gasteiger partial charge in [-0.25, -0.2) is 4.39 Å². The minimum atomic E-state index is -0.448. The zero-order chi connectivity index (χ0) is 22.5. The lowest BCUT2D eigenvalue weighted by Gasteiger charge is -2.29. The summed E-state index contributed by atoms with van der Waals surface area (Å²) in [5.74, 6) is -0.558. The van der Waals surface area contributed by atoms with Gasteiger partial charge in [-0.2, -0.15) is 0 Å². The molecule has 166 valence electrons. The number of nitrogens with zero attached hydrogens (tertiary/aromatic N) is 2. The van der Waals surface area contributed by atoms with E-state index in [2.05, 4.69) is 19.2 Å². The van der Waals surface area contributed by atoms with Crippen LogP contribution in [-0.4, -0.2) is 36.9 Å². The van der Waals surface area contributed by atoms with Gasteiger partial charge < -0.3 is 15.1 Å². The average molecular weight is 426 g/mol. The molecule has 1 aliphatic rings. The van der Waals surface area contributed by atoms with Crippen LogP contribution in [0.4, 0.5) is 15.8 Å². The molecule has 0 heterocycles. The molecule has 0 aliphatic heterocycles. The van der Waals surface area contributed by atoms with Crippen LogP contribution >= 0.6 is 0 Å². The van der Waals surface area contributed by atoms with Crippen molar-refractivity contribution in [2.75, 3.05) is 24.3 Å². The molecule has 0 unspecified atom stereocenters. The van der Waals surface area contributed by atoms with Crippen LogP contribution in [0.25, 0.3) is 0 Å². The normalized spacial score (nSPS) is 13.2. The number of hydrogen-bond donors (Lipinski definition) is 1. The van der Waals surface area contributed by atoms with E-state index in [-0.39, 0.29) is 23.3 Å². The third-order valence-electron chi connectivity index (χ3n) is 5.85. The smallest absolute Gasteiger partial charge is 0.255 e. The second kappa shape index (κ2) is 9.94. The third-order valence-corrected chi connectivity index (χ3v) is 5.85. The molecule has 2 amide bonds. The number of nitrogens with one attached hydrogen (secondary N) is 1. The summed E-state index contributed by atoms with van der Waals surface area (Å²) in [7, 11) is 3.93. The molecule has 1 saturated carbocycles. The van der Waals surface area contributed by atoms with Gasteiger partial charge >= 0.3 is 0 Å². The van der Waals surface area contributed by atoms with Crippen molar-refractivity contribution in [1.29, 1.82) is 0 Å². The Morgan fingerprint density at radius 2 is 1.81 bits per heavy atom. The Kier molecular flexibility index (Phi) is 7.31. The Balaban J connectivity index is 1.86. The van der Waals surface area contributed by atoms with E-state index in [4.69, 9.17) is 0 Å². The van der Waals surface area contributed by atoms with Crippen molar-refractivity contribution in [3.8, 4) is 0 Å². The van der Waals surface area contributed by atoms with E-state index in [1.165, 1.54) is 18.2 Å². The zero-order valence-electron chi connectivity index (χ0n) is 18.8. The third kappa shape index (κ3) is 5.63. The lowest BCUT2D eigenvalue weighted by molar-refractivity contribution is -0.137.